The predicted molar refractivity (Wildman–Crippen MR) is 43.4 cm³/mol. The van der Waals surface area contributed by atoms with Crippen molar-refractivity contribution in [1.82, 2.24) is 9.78 Å². The van der Waals surface area contributed by atoms with Crippen molar-refractivity contribution in [2.75, 3.05) is 11.9 Å². The number of nitrogens with zero attached hydrogens (tertiary/aromatic N) is 2. The highest BCUT2D eigenvalue weighted by Gasteiger charge is 2.14. The van der Waals surface area contributed by atoms with Crippen LogP contribution in [0, 0.1) is 6.92 Å². The van der Waals surface area contributed by atoms with Gasteiger partial charge >= 0.3 is 0 Å². The molecule has 2 rings (SSSR count). The fraction of sp³-hybridized carbons (Fsp3) is 0.571. The van der Waals surface area contributed by atoms with Crippen LogP contribution in [0.4, 0.5) is 5.82 Å². The molecule has 0 aromatic carbocycles. The monoisotopic (exact) mass is 152 g/mol. The van der Waals surface area contributed by atoms with E-state index in [0.29, 0.717) is 0 Å². The van der Waals surface area contributed by atoms with Crippen LogP contribution in [0.3, 0.4) is 0 Å². The van der Waals surface area contributed by atoms with Gasteiger partial charge in [-0.3, -0.25) is 0 Å². The number of rotatable bonds is 0. The second kappa shape index (κ2) is 2.23. The number of nitrogens with one attached hydrogen (secondary N) is 1. The number of anilines is 1. The summed E-state index contributed by atoms with van der Waals surface area (Å²) >= 11 is 0. The zero-order valence-corrected chi connectivity index (χ0v) is 6.54. The smallest absolute Gasteiger partial charge is 0.124 e. The lowest BCUT2D eigenvalue weighted by Crippen LogP contribution is -2.38. The normalized spacial score (nSPS) is 22.5. The van der Waals surface area contributed by atoms with E-state index in [0.717, 1.165) is 24.6 Å². The maximum absolute atomic E-state index is 5.74. The average Bonchev–Trinajstić information content (AvgIpc) is 2.27. The summed E-state index contributed by atoms with van der Waals surface area (Å²) in [4.78, 5) is 0. The molecule has 1 aliphatic heterocycles. The number of nitrogens with two attached hydrogens (primary N) is 1. The van der Waals surface area contributed by atoms with E-state index in [9.17, 15) is 0 Å². The highest BCUT2D eigenvalue weighted by molar-refractivity contribution is 5.38. The quantitative estimate of drug-likeness (QED) is 0.547. The van der Waals surface area contributed by atoms with Crippen molar-refractivity contribution in [3.8, 4) is 0 Å². The molecule has 0 spiro atoms. The Labute approximate surface area is 65.4 Å². The van der Waals surface area contributed by atoms with Gasteiger partial charge in [0, 0.05) is 18.7 Å². The second-order valence-corrected chi connectivity index (χ2v) is 2.99. The van der Waals surface area contributed by atoms with Gasteiger partial charge in [-0.15, -0.1) is 0 Å². The highest BCUT2D eigenvalue weighted by Crippen LogP contribution is 2.13. The van der Waals surface area contributed by atoms with Crippen molar-refractivity contribution in [3.05, 3.63) is 11.8 Å². The van der Waals surface area contributed by atoms with E-state index in [1.54, 1.807) is 0 Å². The molecule has 2 heterocycles. The van der Waals surface area contributed by atoms with Crippen molar-refractivity contribution in [1.29, 1.82) is 0 Å². The van der Waals surface area contributed by atoms with Crippen molar-refractivity contribution in [3.63, 3.8) is 0 Å². The van der Waals surface area contributed by atoms with Gasteiger partial charge in [0.15, 0.2) is 0 Å². The Balaban J connectivity index is 2.34. The van der Waals surface area contributed by atoms with Gasteiger partial charge in [-0.2, -0.15) is 5.10 Å². The molecule has 0 radical (unpaired) electrons. The van der Waals surface area contributed by atoms with Crippen molar-refractivity contribution < 1.29 is 0 Å². The summed E-state index contributed by atoms with van der Waals surface area (Å²) in [7, 11) is 0. The summed E-state index contributed by atoms with van der Waals surface area (Å²) in [5.41, 5.74) is 6.78. The van der Waals surface area contributed by atoms with Crippen molar-refractivity contribution >= 4 is 5.82 Å². The number of hydrogen-bond donors (Lipinski definition) is 2. The SMILES string of the molecule is Cc1cc2n(n1)CC(N)CN2. The van der Waals surface area contributed by atoms with Crippen LogP contribution >= 0.6 is 0 Å². The van der Waals surface area contributed by atoms with Crippen molar-refractivity contribution in [2.45, 2.75) is 19.5 Å². The van der Waals surface area contributed by atoms with Crippen LogP contribution < -0.4 is 11.1 Å². The van der Waals surface area contributed by atoms with Gasteiger partial charge in [0.1, 0.15) is 5.82 Å². The van der Waals surface area contributed by atoms with E-state index in [2.05, 4.69) is 10.4 Å². The number of aromatic nitrogens is 2. The number of aryl methyl sites for hydroxylation is 1. The average molecular weight is 152 g/mol. The maximum Gasteiger partial charge on any atom is 0.124 e. The molecule has 11 heavy (non-hydrogen) atoms. The van der Waals surface area contributed by atoms with Gasteiger partial charge in [0.25, 0.3) is 0 Å². The Bertz CT molecular complexity index is 265. The molecule has 0 aliphatic carbocycles. The molecule has 0 bridgehead atoms. The Morgan fingerprint density at radius 1 is 1.82 bits per heavy atom. The molecular weight excluding hydrogens is 140 g/mol. The third-order valence-electron chi connectivity index (χ3n) is 1.85. The highest BCUT2D eigenvalue weighted by atomic mass is 15.4. The first kappa shape index (κ1) is 6.67. The first-order chi connectivity index (χ1) is 5.25. The van der Waals surface area contributed by atoms with Gasteiger partial charge in [-0.05, 0) is 6.92 Å². The minimum Gasteiger partial charge on any atom is -0.369 e. The molecule has 0 fully saturated rings. The summed E-state index contributed by atoms with van der Waals surface area (Å²) in [5, 5.41) is 7.48. The minimum absolute atomic E-state index is 0.196. The summed E-state index contributed by atoms with van der Waals surface area (Å²) < 4.78 is 1.92. The van der Waals surface area contributed by atoms with Crippen LogP contribution in [-0.4, -0.2) is 22.4 Å². The zero-order chi connectivity index (χ0) is 7.84. The second-order valence-electron chi connectivity index (χ2n) is 2.99. The molecule has 1 atom stereocenters. The molecule has 0 saturated carbocycles. The third-order valence-corrected chi connectivity index (χ3v) is 1.85. The van der Waals surface area contributed by atoms with Crippen molar-refractivity contribution in [2.24, 2.45) is 5.73 Å². The van der Waals surface area contributed by atoms with Gasteiger partial charge in [0.05, 0.1) is 12.2 Å². The molecule has 1 aliphatic rings. The number of fused-ring (bicyclic) bond motifs is 1. The van der Waals surface area contributed by atoms with Gasteiger partial charge in [-0.1, -0.05) is 0 Å². The molecule has 4 nitrogen and oxygen atoms in total. The van der Waals surface area contributed by atoms with Crippen LogP contribution in [-0.2, 0) is 6.54 Å². The fourth-order valence-electron chi connectivity index (χ4n) is 1.35. The lowest BCUT2D eigenvalue weighted by molar-refractivity contribution is 0.500. The van der Waals surface area contributed by atoms with E-state index < -0.39 is 0 Å². The lowest BCUT2D eigenvalue weighted by atomic mass is 10.3. The molecule has 1 unspecified atom stereocenters. The van der Waals surface area contributed by atoms with Gasteiger partial charge < -0.3 is 11.1 Å². The van der Waals surface area contributed by atoms with Crippen LogP contribution in [0.25, 0.3) is 0 Å². The fourth-order valence-corrected chi connectivity index (χ4v) is 1.35. The third kappa shape index (κ3) is 1.09. The van der Waals surface area contributed by atoms with E-state index in [1.165, 1.54) is 0 Å². The van der Waals surface area contributed by atoms with Crippen LogP contribution in [0.5, 0.6) is 0 Å². The molecule has 60 valence electrons. The number of hydrogen-bond acceptors (Lipinski definition) is 3. The van der Waals surface area contributed by atoms with Gasteiger partial charge in [-0.25, -0.2) is 4.68 Å². The molecule has 1 aromatic rings. The van der Waals surface area contributed by atoms with Crippen LogP contribution in [0.15, 0.2) is 6.07 Å². The lowest BCUT2D eigenvalue weighted by Gasteiger charge is -2.21. The Morgan fingerprint density at radius 3 is 3.45 bits per heavy atom. The van der Waals surface area contributed by atoms with Crippen LogP contribution in [0.1, 0.15) is 5.69 Å². The molecule has 0 amide bonds. The summed E-state index contributed by atoms with van der Waals surface area (Å²) in [5.74, 6) is 1.09. The first-order valence-electron chi connectivity index (χ1n) is 3.79. The maximum atomic E-state index is 5.74. The topological polar surface area (TPSA) is 55.9 Å². The predicted octanol–water partition coefficient (Wildman–Crippen LogP) is -0.0557. The van der Waals surface area contributed by atoms with Gasteiger partial charge in [0.2, 0.25) is 0 Å². The Morgan fingerprint density at radius 2 is 2.64 bits per heavy atom. The zero-order valence-electron chi connectivity index (χ0n) is 6.54. The largest absolute Gasteiger partial charge is 0.369 e. The summed E-state index contributed by atoms with van der Waals surface area (Å²) in [6.45, 7) is 3.67. The molecule has 0 saturated heterocycles. The first-order valence-corrected chi connectivity index (χ1v) is 3.79. The van der Waals surface area contributed by atoms with E-state index in [4.69, 9.17) is 5.73 Å². The molecular formula is C7H12N4. The van der Waals surface area contributed by atoms with E-state index in [1.807, 2.05) is 17.7 Å². The summed E-state index contributed by atoms with van der Waals surface area (Å²) in [6, 6.07) is 2.23. The Hall–Kier alpha value is -1.03. The molecule has 4 heteroatoms. The van der Waals surface area contributed by atoms with Crippen LogP contribution in [0.2, 0.25) is 0 Å². The summed E-state index contributed by atoms with van der Waals surface area (Å²) in [6.07, 6.45) is 0. The standard InChI is InChI=1S/C7H12N4/c1-5-2-7-9-3-6(8)4-11(7)10-5/h2,6,9H,3-4,8H2,1H3. The molecule has 1 aromatic heterocycles. The van der Waals surface area contributed by atoms with E-state index >= 15 is 0 Å². The van der Waals surface area contributed by atoms with E-state index in [-0.39, 0.29) is 6.04 Å². The molecule has 3 N–H and O–H groups in total. The Kier molecular flexibility index (Phi) is 1.35. The minimum atomic E-state index is 0.196.